The Labute approximate surface area is 119 Å². The van der Waals surface area contributed by atoms with Gasteiger partial charge in [0.1, 0.15) is 5.82 Å². The topological polar surface area (TPSA) is 74.2 Å². The Morgan fingerprint density at radius 3 is 2.62 bits per heavy atom. The van der Waals surface area contributed by atoms with Gasteiger partial charge in [-0.1, -0.05) is 0 Å². The molecule has 0 fully saturated rings. The Kier molecular flexibility index (Phi) is 4.78. The maximum Gasteiger partial charge on any atom is 0.255 e. The Bertz CT molecular complexity index is 633. The van der Waals surface area contributed by atoms with Crippen LogP contribution in [0.1, 0.15) is 10.4 Å². The minimum atomic E-state index is -1.08. The number of aliphatic hydroxyl groups excluding tert-OH is 1. The third-order valence-electron chi connectivity index (χ3n) is 2.62. The van der Waals surface area contributed by atoms with Crippen molar-refractivity contribution in [3.05, 3.63) is 53.7 Å². The molecule has 0 radical (unpaired) electrons. The van der Waals surface area contributed by atoms with Gasteiger partial charge in [0, 0.05) is 12.1 Å². The number of amides is 1. The molecule has 1 heterocycles. The highest BCUT2D eigenvalue weighted by molar-refractivity contribution is 6.04. The first kappa shape index (κ1) is 14.9. The molecule has 1 aromatic heterocycles. The molecule has 0 aliphatic carbocycles. The SMILES string of the molecule is O=C(Nc1ccc(NCCO)nc1)c1ccc(F)c(F)c1. The van der Waals surface area contributed by atoms with Crippen molar-refractivity contribution < 1.29 is 18.7 Å². The molecule has 3 N–H and O–H groups in total. The zero-order chi connectivity index (χ0) is 15.2. The number of anilines is 2. The largest absolute Gasteiger partial charge is 0.395 e. The minimum Gasteiger partial charge on any atom is -0.395 e. The Morgan fingerprint density at radius 2 is 2.00 bits per heavy atom. The van der Waals surface area contributed by atoms with Crippen LogP contribution < -0.4 is 10.6 Å². The van der Waals surface area contributed by atoms with E-state index in [2.05, 4.69) is 15.6 Å². The van der Waals surface area contributed by atoms with E-state index in [1.807, 2.05) is 0 Å². The summed E-state index contributed by atoms with van der Waals surface area (Å²) in [5.74, 6) is -2.10. The number of benzene rings is 1. The van der Waals surface area contributed by atoms with Crippen LogP contribution in [0, 0.1) is 11.6 Å². The van der Waals surface area contributed by atoms with Crippen LogP contribution in [0.5, 0.6) is 0 Å². The van der Waals surface area contributed by atoms with Gasteiger partial charge in [0.05, 0.1) is 18.5 Å². The van der Waals surface area contributed by atoms with Crippen molar-refractivity contribution >= 4 is 17.4 Å². The van der Waals surface area contributed by atoms with E-state index in [0.717, 1.165) is 12.1 Å². The van der Waals surface area contributed by atoms with Gasteiger partial charge in [0.25, 0.3) is 5.91 Å². The first-order valence-corrected chi connectivity index (χ1v) is 6.17. The molecule has 2 rings (SSSR count). The normalized spacial score (nSPS) is 10.2. The van der Waals surface area contributed by atoms with Crippen molar-refractivity contribution in [1.29, 1.82) is 0 Å². The number of rotatable bonds is 5. The second-order valence-corrected chi connectivity index (χ2v) is 4.17. The molecule has 7 heteroatoms. The Balaban J connectivity index is 2.03. The highest BCUT2D eigenvalue weighted by Gasteiger charge is 2.10. The fraction of sp³-hybridized carbons (Fsp3) is 0.143. The predicted molar refractivity (Wildman–Crippen MR) is 74.1 cm³/mol. The van der Waals surface area contributed by atoms with Crippen LogP contribution in [0.2, 0.25) is 0 Å². The second kappa shape index (κ2) is 6.76. The highest BCUT2D eigenvalue weighted by Crippen LogP contribution is 2.13. The number of aromatic nitrogens is 1. The molecule has 0 unspecified atom stereocenters. The first-order valence-electron chi connectivity index (χ1n) is 6.17. The zero-order valence-electron chi connectivity index (χ0n) is 10.9. The fourth-order valence-corrected chi connectivity index (χ4v) is 1.60. The molecule has 1 aromatic carbocycles. The van der Waals surface area contributed by atoms with Crippen LogP contribution >= 0.6 is 0 Å². The van der Waals surface area contributed by atoms with Crippen molar-refractivity contribution in [2.45, 2.75) is 0 Å². The molecule has 0 saturated carbocycles. The number of hydrogen-bond donors (Lipinski definition) is 3. The molecule has 0 spiro atoms. The lowest BCUT2D eigenvalue weighted by Crippen LogP contribution is -2.13. The summed E-state index contributed by atoms with van der Waals surface area (Å²) >= 11 is 0. The van der Waals surface area contributed by atoms with Gasteiger partial charge >= 0.3 is 0 Å². The van der Waals surface area contributed by atoms with Crippen molar-refractivity contribution in [2.24, 2.45) is 0 Å². The summed E-state index contributed by atoms with van der Waals surface area (Å²) in [5.41, 5.74) is 0.427. The van der Waals surface area contributed by atoms with Gasteiger partial charge < -0.3 is 15.7 Å². The van der Waals surface area contributed by atoms with Crippen LogP contribution in [0.4, 0.5) is 20.3 Å². The van der Waals surface area contributed by atoms with Gasteiger partial charge in [-0.25, -0.2) is 13.8 Å². The molecular formula is C14H13F2N3O2. The zero-order valence-corrected chi connectivity index (χ0v) is 10.9. The molecule has 0 aliphatic rings. The van der Waals surface area contributed by atoms with Gasteiger partial charge in [-0.15, -0.1) is 0 Å². The van der Waals surface area contributed by atoms with Gasteiger partial charge in [-0.3, -0.25) is 4.79 Å². The second-order valence-electron chi connectivity index (χ2n) is 4.17. The number of pyridine rings is 1. The summed E-state index contributed by atoms with van der Waals surface area (Å²) in [6.07, 6.45) is 1.41. The van der Waals surface area contributed by atoms with Crippen molar-refractivity contribution in [3.63, 3.8) is 0 Å². The molecule has 110 valence electrons. The summed E-state index contributed by atoms with van der Waals surface area (Å²) in [4.78, 5) is 15.9. The van der Waals surface area contributed by atoms with Gasteiger partial charge in [-0.2, -0.15) is 0 Å². The Morgan fingerprint density at radius 1 is 1.19 bits per heavy atom. The van der Waals surface area contributed by atoms with Crippen LogP contribution in [0.25, 0.3) is 0 Å². The molecular weight excluding hydrogens is 280 g/mol. The fourth-order valence-electron chi connectivity index (χ4n) is 1.60. The van der Waals surface area contributed by atoms with E-state index in [1.165, 1.54) is 12.3 Å². The van der Waals surface area contributed by atoms with E-state index in [1.54, 1.807) is 12.1 Å². The number of nitrogens with one attached hydrogen (secondary N) is 2. The number of hydrogen-bond acceptors (Lipinski definition) is 4. The van der Waals surface area contributed by atoms with E-state index in [0.29, 0.717) is 18.1 Å². The third-order valence-corrected chi connectivity index (χ3v) is 2.62. The summed E-state index contributed by atoms with van der Waals surface area (Å²) < 4.78 is 25.8. The van der Waals surface area contributed by atoms with Gasteiger partial charge in [0.2, 0.25) is 0 Å². The monoisotopic (exact) mass is 293 g/mol. The summed E-state index contributed by atoms with van der Waals surface area (Å²) in [6, 6.07) is 6.14. The third kappa shape index (κ3) is 3.96. The number of nitrogens with zero attached hydrogens (tertiary/aromatic N) is 1. The van der Waals surface area contributed by atoms with E-state index < -0.39 is 17.5 Å². The summed E-state index contributed by atoms with van der Waals surface area (Å²) in [5, 5.41) is 14.0. The van der Waals surface area contributed by atoms with Crippen LogP contribution in [0.15, 0.2) is 36.5 Å². The standard InChI is InChI=1S/C14H13F2N3O2/c15-11-3-1-9(7-12(11)16)14(21)19-10-2-4-13(18-8-10)17-5-6-20/h1-4,7-8,20H,5-6H2,(H,17,18)(H,19,21). The maximum atomic E-state index is 13.1. The van der Waals surface area contributed by atoms with Crippen LogP contribution in [0.3, 0.4) is 0 Å². The predicted octanol–water partition coefficient (Wildman–Crippen LogP) is 2.02. The van der Waals surface area contributed by atoms with E-state index in [-0.39, 0.29) is 12.2 Å². The number of carbonyl (C=O) groups excluding carboxylic acids is 1. The molecule has 1 amide bonds. The van der Waals surface area contributed by atoms with E-state index >= 15 is 0 Å². The first-order chi connectivity index (χ1) is 10.1. The van der Waals surface area contributed by atoms with Gasteiger partial charge in [0.15, 0.2) is 11.6 Å². The average Bonchev–Trinajstić information content (AvgIpc) is 2.49. The lowest BCUT2D eigenvalue weighted by molar-refractivity contribution is 0.102. The molecule has 5 nitrogen and oxygen atoms in total. The van der Waals surface area contributed by atoms with Crippen LogP contribution in [-0.4, -0.2) is 29.1 Å². The molecule has 0 bridgehead atoms. The van der Waals surface area contributed by atoms with Crippen molar-refractivity contribution in [3.8, 4) is 0 Å². The smallest absolute Gasteiger partial charge is 0.255 e. The minimum absolute atomic E-state index is 0.0105. The molecule has 2 aromatic rings. The Hall–Kier alpha value is -2.54. The van der Waals surface area contributed by atoms with Crippen LogP contribution in [-0.2, 0) is 0 Å². The summed E-state index contributed by atoms with van der Waals surface area (Å²) in [6.45, 7) is 0.351. The summed E-state index contributed by atoms with van der Waals surface area (Å²) in [7, 11) is 0. The van der Waals surface area contributed by atoms with Crippen molar-refractivity contribution in [2.75, 3.05) is 23.8 Å². The molecule has 0 saturated heterocycles. The number of carbonyl (C=O) groups is 1. The molecule has 21 heavy (non-hydrogen) atoms. The van der Waals surface area contributed by atoms with Gasteiger partial charge in [-0.05, 0) is 30.3 Å². The quantitative estimate of drug-likeness (QED) is 0.788. The van der Waals surface area contributed by atoms with Crippen molar-refractivity contribution in [1.82, 2.24) is 4.98 Å². The molecule has 0 aliphatic heterocycles. The number of aliphatic hydroxyl groups is 1. The lowest BCUT2D eigenvalue weighted by atomic mass is 10.2. The molecule has 0 atom stereocenters. The highest BCUT2D eigenvalue weighted by atomic mass is 19.2. The average molecular weight is 293 g/mol. The van der Waals surface area contributed by atoms with E-state index in [9.17, 15) is 13.6 Å². The lowest BCUT2D eigenvalue weighted by Gasteiger charge is -2.07. The van der Waals surface area contributed by atoms with E-state index in [4.69, 9.17) is 5.11 Å². The maximum absolute atomic E-state index is 13.1. The number of halogens is 2.